The monoisotopic (exact) mass is 365 g/mol. The average Bonchev–Trinajstić information content (AvgIpc) is 2.64. The molecule has 0 spiro atoms. The average molecular weight is 365 g/mol. The molecule has 0 aliphatic rings. The lowest BCUT2D eigenvalue weighted by Gasteiger charge is -2.15. The first kappa shape index (κ1) is 20.9. The van der Waals surface area contributed by atoms with E-state index in [0.717, 1.165) is 13.0 Å². The molecule has 1 aromatic rings. The Balaban J connectivity index is 2.33. The van der Waals surface area contributed by atoms with Gasteiger partial charge in [0.05, 0.1) is 12.7 Å². The van der Waals surface area contributed by atoms with E-state index < -0.39 is 5.97 Å². The summed E-state index contributed by atoms with van der Waals surface area (Å²) in [6.07, 6.45) is 4.84. The van der Waals surface area contributed by atoms with Crippen LogP contribution in [0.5, 0.6) is 0 Å². The van der Waals surface area contributed by atoms with Crippen molar-refractivity contribution in [1.82, 2.24) is 16.2 Å². The van der Waals surface area contributed by atoms with Crippen molar-refractivity contribution in [3.63, 3.8) is 0 Å². The molecule has 0 bridgehead atoms. The first-order valence-electron chi connectivity index (χ1n) is 8.50. The number of hydrogen-bond acceptors (Lipinski definition) is 4. The smallest absolute Gasteiger partial charge is 0.337 e. The molecule has 1 amide bonds. The Labute approximate surface area is 154 Å². The zero-order chi connectivity index (χ0) is 18.7. The molecule has 0 heterocycles. The Morgan fingerprint density at radius 3 is 2.36 bits per heavy atom. The highest BCUT2D eigenvalue weighted by atomic mass is 32.1. The summed E-state index contributed by atoms with van der Waals surface area (Å²) in [5.74, 6) is -0.257. The van der Waals surface area contributed by atoms with Gasteiger partial charge in [0.1, 0.15) is 0 Å². The van der Waals surface area contributed by atoms with Crippen LogP contribution in [-0.4, -0.2) is 30.6 Å². The van der Waals surface area contributed by atoms with Gasteiger partial charge in [-0.05, 0) is 48.8 Å². The molecule has 0 saturated heterocycles. The Hall–Kier alpha value is -2.15. The molecule has 1 aromatic carbocycles. The molecule has 1 atom stereocenters. The zero-order valence-corrected chi connectivity index (χ0v) is 15.9. The number of hydrazine groups is 1. The molecule has 0 aliphatic carbocycles. The summed E-state index contributed by atoms with van der Waals surface area (Å²) in [5, 5.41) is 3.47. The summed E-state index contributed by atoms with van der Waals surface area (Å²) in [6, 6.07) is 6.18. The second-order valence-corrected chi connectivity index (χ2v) is 6.37. The second-order valence-electron chi connectivity index (χ2n) is 5.96. The number of ether oxygens (including phenoxy) is 1. The summed E-state index contributed by atoms with van der Waals surface area (Å²) < 4.78 is 4.62. The van der Waals surface area contributed by atoms with Crippen molar-refractivity contribution in [2.24, 2.45) is 5.92 Å². The Kier molecular flexibility index (Phi) is 9.54. The van der Waals surface area contributed by atoms with Crippen molar-refractivity contribution in [3.8, 4) is 0 Å². The summed E-state index contributed by atoms with van der Waals surface area (Å²) in [5.41, 5.74) is 6.01. The SMILES string of the molecule is CCCCC[C@H](C)CNC(=S)NNC(=O)c1ccc(C(=O)OC)cc1. The van der Waals surface area contributed by atoms with Crippen LogP contribution in [0.4, 0.5) is 0 Å². The Bertz CT molecular complexity index is 575. The number of unbranched alkanes of at least 4 members (excludes halogenated alkanes) is 2. The fourth-order valence-electron chi connectivity index (χ4n) is 2.22. The van der Waals surface area contributed by atoms with Crippen molar-refractivity contribution < 1.29 is 14.3 Å². The molecule has 6 nitrogen and oxygen atoms in total. The maximum absolute atomic E-state index is 12.0. The van der Waals surface area contributed by atoms with Gasteiger partial charge >= 0.3 is 5.97 Å². The fraction of sp³-hybridized carbons (Fsp3) is 0.500. The number of nitrogens with one attached hydrogen (secondary N) is 3. The number of benzene rings is 1. The summed E-state index contributed by atoms with van der Waals surface area (Å²) in [6.45, 7) is 5.12. The predicted octanol–water partition coefficient (Wildman–Crippen LogP) is 2.80. The molecular weight excluding hydrogens is 338 g/mol. The molecule has 1 rings (SSSR count). The van der Waals surface area contributed by atoms with Crippen LogP contribution in [0.25, 0.3) is 0 Å². The Morgan fingerprint density at radius 2 is 1.76 bits per heavy atom. The zero-order valence-electron chi connectivity index (χ0n) is 15.1. The molecule has 0 saturated carbocycles. The minimum absolute atomic E-state index is 0.337. The van der Waals surface area contributed by atoms with Crippen LogP contribution < -0.4 is 16.2 Å². The van der Waals surface area contributed by atoms with Gasteiger partial charge in [-0.3, -0.25) is 15.6 Å². The van der Waals surface area contributed by atoms with Gasteiger partial charge in [-0.2, -0.15) is 0 Å². The topological polar surface area (TPSA) is 79.5 Å². The third-order valence-corrected chi connectivity index (χ3v) is 4.02. The lowest BCUT2D eigenvalue weighted by atomic mass is 10.0. The predicted molar refractivity (Wildman–Crippen MR) is 102 cm³/mol. The maximum atomic E-state index is 12.0. The highest BCUT2D eigenvalue weighted by Crippen LogP contribution is 2.08. The molecule has 0 aromatic heterocycles. The minimum atomic E-state index is -0.441. The van der Waals surface area contributed by atoms with E-state index in [-0.39, 0.29) is 5.91 Å². The van der Waals surface area contributed by atoms with Crippen LogP contribution in [0.2, 0.25) is 0 Å². The second kappa shape index (κ2) is 11.4. The number of rotatable bonds is 8. The normalized spacial score (nSPS) is 11.3. The molecule has 7 heteroatoms. The van der Waals surface area contributed by atoms with E-state index in [4.69, 9.17) is 12.2 Å². The molecule has 0 fully saturated rings. The summed E-state index contributed by atoms with van der Waals surface area (Å²) in [7, 11) is 1.31. The lowest BCUT2D eigenvalue weighted by Crippen LogP contribution is -2.47. The van der Waals surface area contributed by atoms with E-state index in [2.05, 4.69) is 34.8 Å². The van der Waals surface area contributed by atoms with Gasteiger partial charge in [-0.1, -0.05) is 33.1 Å². The van der Waals surface area contributed by atoms with Crippen LogP contribution in [0.1, 0.15) is 60.2 Å². The molecule has 25 heavy (non-hydrogen) atoms. The van der Waals surface area contributed by atoms with Crippen molar-refractivity contribution in [3.05, 3.63) is 35.4 Å². The highest BCUT2D eigenvalue weighted by Gasteiger charge is 2.09. The standard InChI is InChI=1S/C18H27N3O3S/c1-4-5-6-7-13(2)12-19-18(25)21-20-16(22)14-8-10-15(11-9-14)17(23)24-3/h8-11,13H,4-7,12H2,1-3H3,(H,20,22)(H2,19,21,25)/t13-/m0/s1. The van der Waals surface area contributed by atoms with Gasteiger partial charge in [0, 0.05) is 12.1 Å². The van der Waals surface area contributed by atoms with E-state index in [9.17, 15) is 9.59 Å². The number of methoxy groups -OCH3 is 1. The number of thiocarbonyl (C=S) groups is 1. The maximum Gasteiger partial charge on any atom is 0.337 e. The number of amides is 1. The third-order valence-electron chi connectivity index (χ3n) is 3.77. The van der Waals surface area contributed by atoms with E-state index in [0.29, 0.717) is 22.2 Å². The molecule has 0 radical (unpaired) electrons. The first-order chi connectivity index (χ1) is 12.0. The quantitative estimate of drug-likeness (QED) is 0.285. The lowest BCUT2D eigenvalue weighted by molar-refractivity contribution is 0.0600. The minimum Gasteiger partial charge on any atom is -0.465 e. The van der Waals surface area contributed by atoms with Crippen molar-refractivity contribution in [1.29, 1.82) is 0 Å². The number of hydrogen-bond donors (Lipinski definition) is 3. The van der Waals surface area contributed by atoms with Crippen LogP contribution in [0, 0.1) is 5.92 Å². The van der Waals surface area contributed by atoms with E-state index in [1.54, 1.807) is 12.1 Å². The van der Waals surface area contributed by atoms with Gasteiger partial charge in [0.2, 0.25) is 0 Å². The largest absolute Gasteiger partial charge is 0.465 e. The number of esters is 1. The first-order valence-corrected chi connectivity index (χ1v) is 8.91. The van der Waals surface area contributed by atoms with E-state index in [1.165, 1.54) is 38.5 Å². The molecular formula is C18H27N3O3S. The van der Waals surface area contributed by atoms with Gasteiger partial charge in [-0.15, -0.1) is 0 Å². The Morgan fingerprint density at radius 1 is 1.12 bits per heavy atom. The van der Waals surface area contributed by atoms with Crippen LogP contribution >= 0.6 is 12.2 Å². The van der Waals surface area contributed by atoms with Crippen LogP contribution in [0.3, 0.4) is 0 Å². The summed E-state index contributed by atoms with van der Waals surface area (Å²) >= 11 is 5.15. The summed E-state index contributed by atoms with van der Waals surface area (Å²) in [4.78, 5) is 23.4. The van der Waals surface area contributed by atoms with Gasteiger partial charge in [-0.25, -0.2) is 4.79 Å². The fourth-order valence-corrected chi connectivity index (χ4v) is 2.35. The van der Waals surface area contributed by atoms with Crippen molar-refractivity contribution in [2.75, 3.05) is 13.7 Å². The van der Waals surface area contributed by atoms with Crippen LogP contribution in [0.15, 0.2) is 24.3 Å². The molecule has 0 unspecified atom stereocenters. The molecule has 0 aliphatic heterocycles. The highest BCUT2D eigenvalue weighted by molar-refractivity contribution is 7.80. The molecule has 3 N–H and O–H groups in total. The van der Waals surface area contributed by atoms with Gasteiger partial charge in [0.25, 0.3) is 5.91 Å². The number of carbonyl (C=O) groups is 2. The van der Waals surface area contributed by atoms with E-state index >= 15 is 0 Å². The van der Waals surface area contributed by atoms with Gasteiger partial charge in [0.15, 0.2) is 5.11 Å². The van der Waals surface area contributed by atoms with Gasteiger partial charge < -0.3 is 10.1 Å². The van der Waals surface area contributed by atoms with Crippen molar-refractivity contribution >= 4 is 29.2 Å². The van der Waals surface area contributed by atoms with Crippen LogP contribution in [-0.2, 0) is 4.74 Å². The van der Waals surface area contributed by atoms with Crippen molar-refractivity contribution in [2.45, 2.75) is 39.5 Å². The third kappa shape index (κ3) is 7.98. The molecule has 138 valence electrons. The number of carbonyl (C=O) groups excluding carboxylic acids is 2. The van der Waals surface area contributed by atoms with E-state index in [1.807, 2.05) is 0 Å².